The lowest BCUT2D eigenvalue weighted by atomic mass is 10.1. The zero-order valence-electron chi connectivity index (χ0n) is 6.04. The summed E-state index contributed by atoms with van der Waals surface area (Å²) in [5.41, 5.74) is 2.60. The summed E-state index contributed by atoms with van der Waals surface area (Å²) in [6.07, 6.45) is 5.98. The van der Waals surface area contributed by atoms with Gasteiger partial charge in [-0.2, -0.15) is 0 Å². The fourth-order valence-electron chi connectivity index (χ4n) is 1.51. The molecule has 1 aliphatic rings. The van der Waals surface area contributed by atoms with Crippen LogP contribution in [0.25, 0.3) is 0 Å². The molecule has 0 radical (unpaired) electrons. The van der Waals surface area contributed by atoms with Crippen molar-refractivity contribution in [2.45, 2.75) is 25.7 Å². The van der Waals surface area contributed by atoms with E-state index in [4.69, 9.17) is 0 Å². The quantitative estimate of drug-likeness (QED) is 0.537. The van der Waals surface area contributed by atoms with Crippen LogP contribution in [0.3, 0.4) is 0 Å². The van der Waals surface area contributed by atoms with E-state index in [0.29, 0.717) is 5.92 Å². The molecular weight excluding hydrogens is 124 g/mol. The highest BCUT2D eigenvalue weighted by Crippen LogP contribution is 2.29. The van der Waals surface area contributed by atoms with Crippen molar-refractivity contribution in [1.82, 2.24) is 9.97 Å². The number of aryl methyl sites for hydroxylation is 1. The Bertz CT molecular complexity index is 245. The third-order valence-electron chi connectivity index (χ3n) is 2.14. The Morgan fingerprint density at radius 2 is 2.50 bits per heavy atom. The van der Waals surface area contributed by atoms with Gasteiger partial charge in [0, 0.05) is 11.9 Å². The van der Waals surface area contributed by atoms with Crippen LogP contribution >= 0.6 is 0 Å². The van der Waals surface area contributed by atoms with Crippen molar-refractivity contribution >= 4 is 0 Å². The molecule has 1 aliphatic carbocycles. The molecule has 2 rings (SSSR count). The van der Waals surface area contributed by atoms with Gasteiger partial charge in [0.2, 0.25) is 0 Å². The maximum Gasteiger partial charge on any atom is 0.115 e. The molecule has 0 saturated carbocycles. The first-order chi connectivity index (χ1) is 4.88. The molecule has 10 heavy (non-hydrogen) atoms. The molecule has 1 atom stereocenters. The van der Waals surface area contributed by atoms with Gasteiger partial charge in [0.15, 0.2) is 0 Å². The predicted molar refractivity (Wildman–Crippen MR) is 38.8 cm³/mol. The summed E-state index contributed by atoms with van der Waals surface area (Å²) in [6.45, 7) is 2.22. The number of aromatic nitrogens is 2. The summed E-state index contributed by atoms with van der Waals surface area (Å²) < 4.78 is 0. The number of hydrogen-bond acceptors (Lipinski definition) is 2. The number of rotatable bonds is 0. The molecule has 0 fully saturated rings. The zero-order chi connectivity index (χ0) is 6.97. The Labute approximate surface area is 60.3 Å². The van der Waals surface area contributed by atoms with Crippen molar-refractivity contribution in [3.05, 3.63) is 23.8 Å². The molecule has 0 bridgehead atoms. The lowest BCUT2D eigenvalue weighted by Crippen LogP contribution is -1.91. The topological polar surface area (TPSA) is 25.8 Å². The van der Waals surface area contributed by atoms with E-state index in [1.807, 2.05) is 6.20 Å². The van der Waals surface area contributed by atoms with Crippen molar-refractivity contribution in [1.29, 1.82) is 0 Å². The Hall–Kier alpha value is -0.920. The van der Waals surface area contributed by atoms with Gasteiger partial charge >= 0.3 is 0 Å². The molecule has 1 aromatic rings. The molecule has 0 saturated heterocycles. The third-order valence-corrected chi connectivity index (χ3v) is 2.14. The molecule has 0 N–H and O–H groups in total. The maximum absolute atomic E-state index is 4.23. The fraction of sp³-hybridized carbons (Fsp3) is 0.500. The summed E-state index contributed by atoms with van der Waals surface area (Å²) in [5.74, 6) is 0.651. The van der Waals surface area contributed by atoms with Crippen LogP contribution in [0.1, 0.15) is 30.5 Å². The fourth-order valence-corrected chi connectivity index (χ4v) is 1.51. The van der Waals surface area contributed by atoms with Crippen molar-refractivity contribution in [2.75, 3.05) is 0 Å². The minimum Gasteiger partial charge on any atom is -0.245 e. The van der Waals surface area contributed by atoms with Crippen LogP contribution in [0.4, 0.5) is 0 Å². The van der Waals surface area contributed by atoms with Gasteiger partial charge in [-0.1, -0.05) is 6.92 Å². The van der Waals surface area contributed by atoms with Crippen LogP contribution in [-0.2, 0) is 6.42 Å². The Kier molecular flexibility index (Phi) is 1.19. The molecule has 2 heteroatoms. The summed E-state index contributed by atoms with van der Waals surface area (Å²) >= 11 is 0. The molecule has 0 amide bonds. The molecule has 1 aromatic heterocycles. The molecule has 0 aliphatic heterocycles. The van der Waals surface area contributed by atoms with Crippen molar-refractivity contribution in [2.24, 2.45) is 0 Å². The summed E-state index contributed by atoms with van der Waals surface area (Å²) in [5, 5.41) is 0. The van der Waals surface area contributed by atoms with E-state index in [0.717, 1.165) is 6.42 Å². The summed E-state index contributed by atoms with van der Waals surface area (Å²) in [7, 11) is 0. The summed E-state index contributed by atoms with van der Waals surface area (Å²) in [6, 6.07) is 0. The minimum absolute atomic E-state index is 0.651. The predicted octanol–water partition coefficient (Wildman–Crippen LogP) is 1.53. The van der Waals surface area contributed by atoms with Gasteiger partial charge in [-0.05, 0) is 24.3 Å². The molecule has 2 nitrogen and oxygen atoms in total. The highest BCUT2D eigenvalue weighted by molar-refractivity contribution is 5.24. The van der Waals surface area contributed by atoms with Gasteiger partial charge in [0.1, 0.15) is 6.33 Å². The van der Waals surface area contributed by atoms with Crippen LogP contribution in [0, 0.1) is 0 Å². The van der Waals surface area contributed by atoms with Gasteiger partial charge in [-0.15, -0.1) is 0 Å². The van der Waals surface area contributed by atoms with Crippen molar-refractivity contribution in [3.63, 3.8) is 0 Å². The van der Waals surface area contributed by atoms with E-state index in [1.165, 1.54) is 17.7 Å². The first-order valence-corrected chi connectivity index (χ1v) is 3.66. The minimum atomic E-state index is 0.651. The standard InChI is InChI=1S/C8H10N2/c1-6-2-3-7-4-9-5-10-8(6)7/h4-6H,2-3H2,1H3. The highest BCUT2D eigenvalue weighted by Gasteiger charge is 2.18. The number of fused-ring (bicyclic) bond motifs is 1. The Balaban J connectivity index is 2.51. The van der Waals surface area contributed by atoms with Gasteiger partial charge in [-0.25, -0.2) is 9.97 Å². The van der Waals surface area contributed by atoms with E-state index in [2.05, 4.69) is 16.9 Å². The van der Waals surface area contributed by atoms with Crippen LogP contribution in [0.15, 0.2) is 12.5 Å². The van der Waals surface area contributed by atoms with Crippen molar-refractivity contribution in [3.8, 4) is 0 Å². The van der Waals surface area contributed by atoms with Gasteiger partial charge in [0.05, 0.1) is 0 Å². The monoisotopic (exact) mass is 134 g/mol. The molecule has 1 heterocycles. The third kappa shape index (κ3) is 0.719. The molecule has 0 aromatic carbocycles. The largest absolute Gasteiger partial charge is 0.245 e. The first kappa shape index (κ1) is 5.83. The molecule has 1 unspecified atom stereocenters. The van der Waals surface area contributed by atoms with Gasteiger partial charge in [-0.3, -0.25) is 0 Å². The number of hydrogen-bond donors (Lipinski definition) is 0. The average Bonchev–Trinajstić information content (AvgIpc) is 2.34. The van der Waals surface area contributed by atoms with Gasteiger partial charge in [0.25, 0.3) is 0 Å². The normalized spacial score (nSPS) is 22.7. The Morgan fingerprint density at radius 1 is 1.60 bits per heavy atom. The average molecular weight is 134 g/mol. The maximum atomic E-state index is 4.23. The van der Waals surface area contributed by atoms with E-state index in [-0.39, 0.29) is 0 Å². The van der Waals surface area contributed by atoms with Crippen LogP contribution in [0.5, 0.6) is 0 Å². The van der Waals surface area contributed by atoms with E-state index >= 15 is 0 Å². The van der Waals surface area contributed by atoms with Crippen LogP contribution in [0.2, 0.25) is 0 Å². The molecular formula is C8H10N2. The van der Waals surface area contributed by atoms with E-state index < -0.39 is 0 Å². The van der Waals surface area contributed by atoms with Crippen molar-refractivity contribution < 1.29 is 0 Å². The number of nitrogens with zero attached hydrogens (tertiary/aromatic N) is 2. The molecule has 52 valence electrons. The second kappa shape index (κ2) is 2.04. The van der Waals surface area contributed by atoms with Crippen LogP contribution in [-0.4, -0.2) is 9.97 Å². The Morgan fingerprint density at radius 3 is 3.30 bits per heavy atom. The van der Waals surface area contributed by atoms with E-state index in [1.54, 1.807) is 6.33 Å². The molecule has 0 spiro atoms. The highest BCUT2D eigenvalue weighted by atomic mass is 14.8. The lowest BCUT2D eigenvalue weighted by molar-refractivity contribution is 0.730. The zero-order valence-corrected chi connectivity index (χ0v) is 6.04. The second-order valence-corrected chi connectivity index (χ2v) is 2.87. The van der Waals surface area contributed by atoms with Crippen LogP contribution < -0.4 is 0 Å². The first-order valence-electron chi connectivity index (χ1n) is 3.66. The second-order valence-electron chi connectivity index (χ2n) is 2.87. The lowest BCUT2D eigenvalue weighted by Gasteiger charge is -1.99. The van der Waals surface area contributed by atoms with Gasteiger partial charge < -0.3 is 0 Å². The van der Waals surface area contributed by atoms with E-state index in [9.17, 15) is 0 Å². The smallest absolute Gasteiger partial charge is 0.115 e. The SMILES string of the molecule is CC1CCc2cncnc21. The summed E-state index contributed by atoms with van der Waals surface area (Å²) in [4.78, 5) is 8.21.